The summed E-state index contributed by atoms with van der Waals surface area (Å²) in [6.45, 7) is 3.05. The van der Waals surface area contributed by atoms with E-state index in [1.165, 1.54) is 11.5 Å². The average molecular weight is 294 g/mol. The first-order chi connectivity index (χ1) is 8.95. The van der Waals surface area contributed by atoms with E-state index < -0.39 is 0 Å². The highest BCUT2D eigenvalue weighted by Gasteiger charge is 2.15. The third kappa shape index (κ3) is 6.12. The van der Waals surface area contributed by atoms with E-state index in [0.29, 0.717) is 0 Å². The van der Waals surface area contributed by atoms with Crippen molar-refractivity contribution in [3.05, 3.63) is 0 Å². The zero-order valence-electron chi connectivity index (χ0n) is 10.7. The molecule has 0 saturated carbocycles. The first-order valence-electron chi connectivity index (χ1n) is 6.66. The van der Waals surface area contributed by atoms with Gasteiger partial charge in [0.05, 0.1) is 26.4 Å². The highest BCUT2D eigenvalue weighted by Crippen LogP contribution is 2.25. The van der Waals surface area contributed by atoms with E-state index in [0.717, 1.165) is 52.1 Å². The first-order valence-corrected chi connectivity index (χ1v) is 9.15. The Bertz CT molecular complexity index is 184. The second-order valence-corrected chi connectivity index (χ2v) is 6.97. The lowest BCUT2D eigenvalue weighted by atomic mass is 10.3. The molecule has 2 aliphatic heterocycles. The molecule has 0 aliphatic carbocycles. The summed E-state index contributed by atoms with van der Waals surface area (Å²) in [6, 6.07) is 0. The Balaban J connectivity index is 1.31. The monoisotopic (exact) mass is 294 g/mol. The molecule has 0 aromatic heterocycles. The normalized spacial score (nSPS) is 22.0. The predicted molar refractivity (Wildman–Crippen MR) is 74.8 cm³/mol. The van der Waals surface area contributed by atoms with Crippen LogP contribution in [0.3, 0.4) is 0 Å². The Kier molecular flexibility index (Phi) is 7.84. The van der Waals surface area contributed by atoms with Crippen LogP contribution < -0.4 is 0 Å². The fraction of sp³-hybridized carbons (Fsp3) is 1.00. The zero-order valence-corrected chi connectivity index (χ0v) is 12.3. The molecule has 18 heavy (non-hydrogen) atoms. The summed E-state index contributed by atoms with van der Waals surface area (Å²) in [5.74, 6) is 2.34. The van der Waals surface area contributed by atoms with E-state index in [-0.39, 0.29) is 12.6 Å². The van der Waals surface area contributed by atoms with Gasteiger partial charge in [0.2, 0.25) is 0 Å². The maximum atomic E-state index is 5.39. The summed E-state index contributed by atoms with van der Waals surface area (Å²) in [6.07, 6.45) is 4.50. The largest absolute Gasteiger partial charge is 0.350 e. The highest BCUT2D eigenvalue weighted by atomic mass is 33.1. The molecule has 0 radical (unpaired) electrons. The third-order valence-corrected chi connectivity index (χ3v) is 5.38. The molecule has 6 heteroatoms. The van der Waals surface area contributed by atoms with Crippen molar-refractivity contribution in [2.45, 2.75) is 38.3 Å². The fourth-order valence-corrected chi connectivity index (χ4v) is 4.10. The molecule has 0 atom stereocenters. The Morgan fingerprint density at radius 2 is 1.06 bits per heavy atom. The Labute approximate surface area is 117 Å². The summed E-state index contributed by atoms with van der Waals surface area (Å²) in [7, 11) is 3.89. The van der Waals surface area contributed by atoms with Crippen molar-refractivity contribution in [1.29, 1.82) is 0 Å². The van der Waals surface area contributed by atoms with Gasteiger partial charge < -0.3 is 18.9 Å². The molecule has 0 aromatic rings. The van der Waals surface area contributed by atoms with Crippen molar-refractivity contribution in [2.24, 2.45) is 0 Å². The van der Waals surface area contributed by atoms with E-state index in [4.69, 9.17) is 18.9 Å². The van der Waals surface area contributed by atoms with Crippen LogP contribution in [-0.2, 0) is 18.9 Å². The molecule has 2 fully saturated rings. The maximum Gasteiger partial charge on any atom is 0.157 e. The Hall–Kier alpha value is 0.540. The van der Waals surface area contributed by atoms with Crippen LogP contribution in [0.1, 0.15) is 25.7 Å². The summed E-state index contributed by atoms with van der Waals surface area (Å²) in [5.41, 5.74) is 0. The first kappa shape index (κ1) is 14.9. The molecular formula is C12H22O4S2. The third-order valence-electron chi connectivity index (χ3n) is 2.80. The van der Waals surface area contributed by atoms with Crippen molar-refractivity contribution in [3.8, 4) is 0 Å². The minimum atomic E-state index is 0.0623. The molecule has 4 nitrogen and oxygen atoms in total. The second kappa shape index (κ2) is 9.44. The predicted octanol–water partition coefficient (Wildman–Crippen LogP) is 2.67. The van der Waals surface area contributed by atoms with E-state index >= 15 is 0 Å². The molecule has 0 N–H and O–H groups in total. The molecule has 2 rings (SSSR count). The molecule has 2 saturated heterocycles. The van der Waals surface area contributed by atoms with Gasteiger partial charge in [0, 0.05) is 11.5 Å². The molecule has 0 amide bonds. The van der Waals surface area contributed by atoms with Crippen molar-refractivity contribution < 1.29 is 18.9 Å². The van der Waals surface area contributed by atoms with Gasteiger partial charge in [-0.15, -0.1) is 0 Å². The molecule has 0 spiro atoms. The van der Waals surface area contributed by atoms with E-state index in [1.54, 1.807) is 0 Å². The van der Waals surface area contributed by atoms with Gasteiger partial charge in [-0.2, -0.15) is 0 Å². The van der Waals surface area contributed by atoms with E-state index in [9.17, 15) is 0 Å². The van der Waals surface area contributed by atoms with Crippen molar-refractivity contribution >= 4 is 21.6 Å². The van der Waals surface area contributed by atoms with Gasteiger partial charge in [-0.25, -0.2) is 0 Å². The number of rotatable bonds is 9. The minimum Gasteiger partial charge on any atom is -0.350 e. The van der Waals surface area contributed by atoms with E-state index in [2.05, 4.69) is 0 Å². The lowest BCUT2D eigenvalue weighted by Gasteiger charge is -2.09. The van der Waals surface area contributed by atoms with Crippen LogP contribution in [0.4, 0.5) is 0 Å². The van der Waals surface area contributed by atoms with Crippen LogP contribution in [-0.4, -0.2) is 50.5 Å². The van der Waals surface area contributed by atoms with Gasteiger partial charge in [-0.1, -0.05) is 21.6 Å². The standard InChI is InChI=1S/C12H22O4S2/c1(3-11-13-5-6-14-11)9-17-18-10-2-4-12-15-7-8-16-12/h11-12H,1-10H2. The molecular weight excluding hydrogens is 272 g/mol. The summed E-state index contributed by atoms with van der Waals surface area (Å²) in [4.78, 5) is 0. The summed E-state index contributed by atoms with van der Waals surface area (Å²) < 4.78 is 21.6. The van der Waals surface area contributed by atoms with E-state index in [1.807, 2.05) is 21.6 Å². The molecule has 0 aromatic carbocycles. The summed E-state index contributed by atoms with van der Waals surface area (Å²) in [5, 5.41) is 0. The van der Waals surface area contributed by atoms with Gasteiger partial charge in [-0.3, -0.25) is 0 Å². The van der Waals surface area contributed by atoms with Crippen LogP contribution in [0.5, 0.6) is 0 Å². The quantitative estimate of drug-likeness (QED) is 0.481. The Morgan fingerprint density at radius 3 is 1.44 bits per heavy atom. The van der Waals surface area contributed by atoms with Crippen molar-refractivity contribution in [3.63, 3.8) is 0 Å². The van der Waals surface area contributed by atoms with Crippen LogP contribution in [0.15, 0.2) is 0 Å². The Morgan fingerprint density at radius 1 is 0.667 bits per heavy atom. The van der Waals surface area contributed by atoms with Gasteiger partial charge in [0.25, 0.3) is 0 Å². The number of hydrogen-bond acceptors (Lipinski definition) is 6. The van der Waals surface area contributed by atoms with Gasteiger partial charge >= 0.3 is 0 Å². The van der Waals surface area contributed by atoms with Crippen LogP contribution in [0, 0.1) is 0 Å². The van der Waals surface area contributed by atoms with Crippen LogP contribution in [0.25, 0.3) is 0 Å². The number of hydrogen-bond donors (Lipinski definition) is 0. The highest BCUT2D eigenvalue weighted by molar-refractivity contribution is 8.76. The molecule has 2 heterocycles. The van der Waals surface area contributed by atoms with Gasteiger partial charge in [0.1, 0.15) is 0 Å². The van der Waals surface area contributed by atoms with Gasteiger partial charge in [-0.05, 0) is 25.7 Å². The zero-order chi connectivity index (χ0) is 12.5. The molecule has 106 valence electrons. The fourth-order valence-electron chi connectivity index (χ4n) is 1.88. The SMILES string of the molecule is C(CSSCCCC1OCCO1)CC1OCCO1. The number of ether oxygens (including phenoxy) is 4. The lowest BCUT2D eigenvalue weighted by Crippen LogP contribution is -2.07. The topological polar surface area (TPSA) is 36.9 Å². The smallest absolute Gasteiger partial charge is 0.157 e. The summed E-state index contributed by atoms with van der Waals surface area (Å²) >= 11 is 0. The van der Waals surface area contributed by atoms with Crippen LogP contribution in [0.2, 0.25) is 0 Å². The van der Waals surface area contributed by atoms with Crippen molar-refractivity contribution in [1.82, 2.24) is 0 Å². The molecule has 0 bridgehead atoms. The molecule has 0 unspecified atom stereocenters. The van der Waals surface area contributed by atoms with Crippen molar-refractivity contribution in [2.75, 3.05) is 37.9 Å². The average Bonchev–Trinajstić information content (AvgIpc) is 3.05. The second-order valence-electron chi connectivity index (χ2n) is 4.27. The van der Waals surface area contributed by atoms with Gasteiger partial charge in [0.15, 0.2) is 12.6 Å². The van der Waals surface area contributed by atoms with Crippen LogP contribution >= 0.6 is 21.6 Å². The lowest BCUT2D eigenvalue weighted by molar-refractivity contribution is -0.0469. The molecule has 2 aliphatic rings. The maximum absolute atomic E-state index is 5.39. The minimum absolute atomic E-state index is 0.0623.